The summed E-state index contributed by atoms with van der Waals surface area (Å²) in [6, 6.07) is 6.37. The number of halogens is 2. The predicted molar refractivity (Wildman–Crippen MR) is 86.6 cm³/mol. The molecule has 0 aliphatic heterocycles. The Kier molecular flexibility index (Phi) is 4.59. The molecule has 3 rings (SSSR count). The molecular weight excluding hydrogens is 289 g/mol. The lowest BCUT2D eigenvalue weighted by atomic mass is 9.89. The second-order valence-corrected chi connectivity index (χ2v) is 7.33. The van der Waals surface area contributed by atoms with Gasteiger partial charge in [-0.05, 0) is 80.2 Å². The van der Waals surface area contributed by atoms with Crippen molar-refractivity contribution in [2.45, 2.75) is 45.1 Å². The van der Waals surface area contributed by atoms with Crippen LogP contribution in [0.3, 0.4) is 0 Å². The van der Waals surface area contributed by atoms with Crippen LogP contribution in [0.15, 0.2) is 18.2 Å². The van der Waals surface area contributed by atoms with Crippen molar-refractivity contribution in [3.63, 3.8) is 0 Å². The zero-order chi connectivity index (χ0) is 14.1. The fourth-order valence-electron chi connectivity index (χ4n) is 3.76. The molecule has 2 aliphatic rings. The Balaban J connectivity index is 1.69. The van der Waals surface area contributed by atoms with E-state index in [1.807, 2.05) is 18.2 Å². The van der Waals surface area contributed by atoms with E-state index in [4.69, 9.17) is 23.2 Å². The zero-order valence-corrected chi connectivity index (χ0v) is 13.6. The maximum atomic E-state index is 6.33. The Morgan fingerprint density at radius 2 is 1.95 bits per heavy atom. The smallest absolute Gasteiger partial charge is 0.0439 e. The van der Waals surface area contributed by atoms with Crippen molar-refractivity contribution in [3.05, 3.63) is 33.8 Å². The third kappa shape index (κ3) is 3.32. The molecule has 1 nitrogen and oxygen atoms in total. The number of rotatable bonds is 6. The van der Waals surface area contributed by atoms with E-state index in [2.05, 4.69) is 12.2 Å². The molecule has 2 saturated carbocycles. The molecule has 0 bridgehead atoms. The summed E-state index contributed by atoms with van der Waals surface area (Å²) in [7, 11) is 0. The van der Waals surface area contributed by atoms with E-state index in [0.29, 0.717) is 6.04 Å². The van der Waals surface area contributed by atoms with Crippen LogP contribution in [-0.2, 0) is 6.42 Å². The van der Waals surface area contributed by atoms with Gasteiger partial charge >= 0.3 is 0 Å². The molecule has 2 fully saturated rings. The van der Waals surface area contributed by atoms with E-state index < -0.39 is 0 Å². The highest BCUT2D eigenvalue weighted by Crippen LogP contribution is 2.55. The Bertz CT molecular complexity index is 464. The van der Waals surface area contributed by atoms with Gasteiger partial charge in [0, 0.05) is 16.1 Å². The van der Waals surface area contributed by atoms with Gasteiger partial charge in [-0.2, -0.15) is 0 Å². The summed E-state index contributed by atoms with van der Waals surface area (Å²) in [5.74, 6) is 2.88. The number of hydrogen-bond donors (Lipinski definition) is 1. The second-order valence-electron chi connectivity index (χ2n) is 6.49. The van der Waals surface area contributed by atoms with Gasteiger partial charge in [0.05, 0.1) is 0 Å². The quantitative estimate of drug-likeness (QED) is 0.783. The Morgan fingerprint density at radius 1 is 1.20 bits per heavy atom. The van der Waals surface area contributed by atoms with Gasteiger partial charge in [0.25, 0.3) is 0 Å². The van der Waals surface area contributed by atoms with E-state index in [9.17, 15) is 0 Å². The van der Waals surface area contributed by atoms with Crippen molar-refractivity contribution in [3.8, 4) is 0 Å². The van der Waals surface area contributed by atoms with E-state index in [1.54, 1.807) is 0 Å². The maximum Gasteiger partial charge on any atom is 0.0439 e. The van der Waals surface area contributed by atoms with Crippen molar-refractivity contribution >= 4 is 23.2 Å². The molecule has 2 aliphatic carbocycles. The molecule has 3 unspecified atom stereocenters. The maximum absolute atomic E-state index is 6.33. The van der Waals surface area contributed by atoms with Gasteiger partial charge < -0.3 is 5.32 Å². The lowest BCUT2D eigenvalue weighted by Gasteiger charge is -2.26. The van der Waals surface area contributed by atoms with E-state index >= 15 is 0 Å². The third-order valence-electron chi connectivity index (χ3n) is 4.95. The van der Waals surface area contributed by atoms with Crippen LogP contribution in [-0.4, -0.2) is 12.6 Å². The molecule has 1 aromatic carbocycles. The summed E-state index contributed by atoms with van der Waals surface area (Å²) in [5.41, 5.74) is 1.19. The molecule has 0 aromatic heterocycles. The summed E-state index contributed by atoms with van der Waals surface area (Å²) in [4.78, 5) is 0. The monoisotopic (exact) mass is 311 g/mol. The standard InChI is InChI=1S/C17H23Cl2N/c1-2-5-20-17(14-7-11-6-12(11)8-14)10-13-9-15(18)3-4-16(13)19/h3-4,9,11-12,14,17,20H,2,5-8,10H2,1H3. The van der Waals surface area contributed by atoms with Crippen LogP contribution in [0, 0.1) is 17.8 Å². The molecule has 0 radical (unpaired) electrons. The summed E-state index contributed by atoms with van der Waals surface area (Å²) >= 11 is 12.4. The van der Waals surface area contributed by atoms with Crippen LogP contribution in [0.4, 0.5) is 0 Å². The molecule has 0 spiro atoms. The first-order valence-electron chi connectivity index (χ1n) is 7.84. The van der Waals surface area contributed by atoms with E-state index in [-0.39, 0.29) is 0 Å². The number of nitrogens with one attached hydrogen (secondary N) is 1. The van der Waals surface area contributed by atoms with Gasteiger partial charge in [-0.3, -0.25) is 0 Å². The highest BCUT2D eigenvalue weighted by atomic mass is 35.5. The normalized spacial score (nSPS) is 29.2. The van der Waals surface area contributed by atoms with Crippen molar-refractivity contribution < 1.29 is 0 Å². The number of benzene rings is 1. The lowest BCUT2D eigenvalue weighted by Crippen LogP contribution is -2.38. The molecule has 110 valence electrons. The summed E-state index contributed by atoms with van der Waals surface area (Å²) in [6.45, 7) is 3.32. The molecule has 3 heteroatoms. The average Bonchev–Trinajstić information content (AvgIpc) is 3.05. The summed E-state index contributed by atoms with van der Waals surface area (Å²) in [6.07, 6.45) is 6.48. The minimum absolute atomic E-state index is 0.554. The van der Waals surface area contributed by atoms with Crippen LogP contribution in [0.2, 0.25) is 10.0 Å². The predicted octanol–water partition coefficient (Wildman–Crippen LogP) is 4.95. The first kappa shape index (κ1) is 14.7. The van der Waals surface area contributed by atoms with E-state index in [1.165, 1.54) is 31.2 Å². The lowest BCUT2D eigenvalue weighted by molar-refractivity contribution is 0.332. The Morgan fingerprint density at radius 3 is 2.65 bits per heavy atom. The summed E-state index contributed by atoms with van der Waals surface area (Å²) in [5, 5.41) is 5.38. The zero-order valence-electron chi connectivity index (χ0n) is 12.0. The van der Waals surface area contributed by atoms with Crippen molar-refractivity contribution in [1.29, 1.82) is 0 Å². The van der Waals surface area contributed by atoms with Gasteiger partial charge in [0.1, 0.15) is 0 Å². The van der Waals surface area contributed by atoms with Gasteiger partial charge in [-0.1, -0.05) is 30.1 Å². The van der Waals surface area contributed by atoms with Crippen molar-refractivity contribution in [2.75, 3.05) is 6.54 Å². The van der Waals surface area contributed by atoms with E-state index in [0.717, 1.165) is 40.8 Å². The molecule has 0 saturated heterocycles. The topological polar surface area (TPSA) is 12.0 Å². The van der Waals surface area contributed by atoms with Crippen LogP contribution in [0.1, 0.15) is 38.2 Å². The minimum Gasteiger partial charge on any atom is -0.313 e. The van der Waals surface area contributed by atoms with Crippen LogP contribution in [0.25, 0.3) is 0 Å². The highest BCUT2D eigenvalue weighted by molar-refractivity contribution is 6.33. The van der Waals surface area contributed by atoms with Crippen LogP contribution < -0.4 is 5.32 Å². The Labute approximate surface area is 132 Å². The SMILES string of the molecule is CCCNC(Cc1cc(Cl)ccc1Cl)C1CC2CC2C1. The largest absolute Gasteiger partial charge is 0.313 e. The van der Waals surface area contributed by atoms with Gasteiger partial charge in [-0.25, -0.2) is 0 Å². The van der Waals surface area contributed by atoms with Gasteiger partial charge in [0.15, 0.2) is 0 Å². The van der Waals surface area contributed by atoms with Crippen LogP contribution >= 0.6 is 23.2 Å². The molecule has 3 atom stereocenters. The molecule has 1 aromatic rings. The van der Waals surface area contributed by atoms with Crippen LogP contribution in [0.5, 0.6) is 0 Å². The molecule has 0 amide bonds. The molecular formula is C17H23Cl2N. The summed E-state index contributed by atoms with van der Waals surface area (Å²) < 4.78 is 0. The third-order valence-corrected chi connectivity index (χ3v) is 5.56. The van der Waals surface area contributed by atoms with Gasteiger partial charge in [0.2, 0.25) is 0 Å². The number of hydrogen-bond acceptors (Lipinski definition) is 1. The highest BCUT2D eigenvalue weighted by Gasteiger charge is 2.47. The molecule has 0 heterocycles. The first-order chi connectivity index (χ1) is 9.67. The fourth-order valence-corrected chi connectivity index (χ4v) is 4.15. The van der Waals surface area contributed by atoms with Gasteiger partial charge in [-0.15, -0.1) is 0 Å². The van der Waals surface area contributed by atoms with Crippen molar-refractivity contribution in [1.82, 2.24) is 5.32 Å². The fraction of sp³-hybridized carbons (Fsp3) is 0.647. The number of fused-ring (bicyclic) bond motifs is 1. The first-order valence-corrected chi connectivity index (χ1v) is 8.60. The minimum atomic E-state index is 0.554. The molecule has 1 N–H and O–H groups in total. The average molecular weight is 312 g/mol. The Hall–Kier alpha value is -0.240. The van der Waals surface area contributed by atoms with Crippen molar-refractivity contribution in [2.24, 2.45) is 17.8 Å². The molecule has 20 heavy (non-hydrogen) atoms. The second kappa shape index (κ2) is 6.25.